The fraction of sp³-hybridized carbons (Fsp3) is 0.314. The molecular formula is C70H76F4N6O10S2. The summed E-state index contributed by atoms with van der Waals surface area (Å²) in [6.07, 6.45) is 13.8. The largest absolute Gasteiger partial charge is 0.491 e. The minimum absolute atomic E-state index is 0.0908. The first-order valence-corrected chi connectivity index (χ1v) is 33.1. The standard InChI is InChI=1S/C70H76F4N6O10S2/c1-5-35-79-47-75-49(4)63(79)45-91(83)60-27-19-56(20-28-60)77-67(81)33-17-54-44-53(16-32-66(54)90-70(73)74)51-13-25-59(26-14-51)88-42-40-86-38-9-8-10-62-64(80(36-6-2)48-76-62)46-92(84)61-29-21-57(22-30-61)78-68(82)34-18-55-43-52(15-31-65(55)89-69(71)72)50-11-23-58(24-12-50)87-41-39-85-37-7-3/h11-34,43-44,47-48,69-70H,5-10,35-42,45-46H2,1-4H3,(H,77,81)(H,78,82)/b33-17+,34-18+/t91-,92+/m1/s1. The van der Waals surface area contributed by atoms with E-state index >= 15 is 0 Å². The molecule has 2 aromatic heterocycles. The number of nitrogens with zero attached hydrogens (tertiary/aromatic N) is 4. The lowest BCUT2D eigenvalue weighted by Gasteiger charge is -2.12. The summed E-state index contributed by atoms with van der Waals surface area (Å²) in [7, 11) is -2.77. The topological polar surface area (TPSA) is 183 Å². The quantitative estimate of drug-likeness (QED) is 0.0214. The molecule has 0 radical (unpaired) electrons. The number of halogens is 4. The number of anilines is 2. The van der Waals surface area contributed by atoms with Crippen LogP contribution < -0.4 is 29.6 Å². The minimum Gasteiger partial charge on any atom is -0.491 e. The number of hydrogen-bond acceptors (Lipinski definition) is 12. The zero-order valence-electron chi connectivity index (χ0n) is 51.8. The van der Waals surface area contributed by atoms with Crippen LogP contribution in [0.2, 0.25) is 0 Å². The number of carbonyl (C=O) groups excluding carboxylic acids is 2. The summed E-state index contributed by atoms with van der Waals surface area (Å²) in [4.78, 5) is 36.4. The summed E-state index contributed by atoms with van der Waals surface area (Å²) in [5, 5.41) is 5.54. The summed E-state index contributed by atoms with van der Waals surface area (Å²) < 4.78 is 117. The Bertz CT molecular complexity index is 3770. The maximum Gasteiger partial charge on any atom is 0.387 e. The Morgan fingerprint density at radius 1 is 0.522 bits per heavy atom. The molecule has 8 aromatic rings. The van der Waals surface area contributed by atoms with Crippen LogP contribution in [0.3, 0.4) is 0 Å². The number of rotatable bonds is 37. The zero-order chi connectivity index (χ0) is 65.2. The van der Waals surface area contributed by atoms with Gasteiger partial charge >= 0.3 is 13.2 Å². The molecule has 0 saturated heterocycles. The van der Waals surface area contributed by atoms with Gasteiger partial charge in [0.05, 0.1) is 81.7 Å². The Morgan fingerprint density at radius 2 is 0.967 bits per heavy atom. The van der Waals surface area contributed by atoms with Gasteiger partial charge in [0.25, 0.3) is 0 Å². The monoisotopic (exact) mass is 1300 g/mol. The SMILES string of the molecule is CCCOCCOc1ccc(-c2ccc(OC(F)F)c(/C=C/C(=O)Nc3ccc([S@@](=O)Cc4c(CCCCOCCOc5ccc(-c6ccc(OC(F)F)c(/C=C/C(=O)Nc7ccc([S@](=O)Cc8c(C)ncn8CCC)cc7)c6)cc5)ncn4CCC)cc3)c2)cc1. The van der Waals surface area contributed by atoms with Gasteiger partial charge in [-0.05, 0) is 177 Å². The molecule has 2 heterocycles. The van der Waals surface area contributed by atoms with Gasteiger partial charge in [-0.2, -0.15) is 17.6 Å². The molecule has 0 fully saturated rings. The van der Waals surface area contributed by atoms with Gasteiger partial charge in [0.15, 0.2) is 0 Å². The van der Waals surface area contributed by atoms with Crippen molar-refractivity contribution in [2.45, 2.75) is 114 Å². The summed E-state index contributed by atoms with van der Waals surface area (Å²) in [5.74, 6) is 0.618. The number of hydrogen-bond donors (Lipinski definition) is 2. The number of benzene rings is 6. The van der Waals surface area contributed by atoms with E-state index < -0.39 is 46.6 Å². The van der Waals surface area contributed by atoms with Crippen molar-refractivity contribution in [3.63, 3.8) is 0 Å². The van der Waals surface area contributed by atoms with E-state index in [4.69, 9.17) is 33.4 Å². The molecule has 0 aliphatic carbocycles. The van der Waals surface area contributed by atoms with Crippen LogP contribution >= 0.6 is 0 Å². The maximum atomic E-state index is 13.8. The Labute approximate surface area is 538 Å². The van der Waals surface area contributed by atoms with Crippen LogP contribution in [-0.2, 0) is 71.7 Å². The van der Waals surface area contributed by atoms with Crippen LogP contribution in [0.4, 0.5) is 28.9 Å². The number of unbranched alkanes of at least 4 members (excludes halogenated alkanes) is 1. The highest BCUT2D eigenvalue weighted by molar-refractivity contribution is 7.84. The molecule has 16 nitrogen and oxygen atoms in total. The van der Waals surface area contributed by atoms with Gasteiger partial charge < -0.3 is 48.2 Å². The van der Waals surface area contributed by atoms with Crippen molar-refractivity contribution in [3.05, 3.63) is 192 Å². The number of alkyl halides is 4. The fourth-order valence-electron chi connectivity index (χ4n) is 9.77. The Balaban J connectivity index is 0.762. The van der Waals surface area contributed by atoms with E-state index in [1.807, 2.05) is 59.4 Å². The van der Waals surface area contributed by atoms with Crippen LogP contribution in [0, 0.1) is 6.92 Å². The maximum absolute atomic E-state index is 13.8. The van der Waals surface area contributed by atoms with Crippen LogP contribution in [0.25, 0.3) is 34.4 Å². The summed E-state index contributed by atoms with van der Waals surface area (Å²) >= 11 is 0. The third-order valence-electron chi connectivity index (χ3n) is 14.4. The van der Waals surface area contributed by atoms with Gasteiger partial charge in [0, 0.05) is 70.7 Å². The number of amides is 2. The Hall–Kier alpha value is -8.70. The van der Waals surface area contributed by atoms with E-state index in [2.05, 4.69) is 29.5 Å². The minimum atomic E-state index is -3.08. The third kappa shape index (κ3) is 21.2. The molecule has 22 heteroatoms. The van der Waals surface area contributed by atoms with Gasteiger partial charge in [-0.15, -0.1) is 0 Å². The highest BCUT2D eigenvalue weighted by atomic mass is 32.2. The summed E-state index contributed by atoms with van der Waals surface area (Å²) in [6, 6.07) is 37.5. The zero-order valence-corrected chi connectivity index (χ0v) is 53.5. The second-order valence-corrected chi connectivity index (χ2v) is 24.1. The highest BCUT2D eigenvalue weighted by Crippen LogP contribution is 2.33. The second kappa shape index (κ2) is 35.8. The molecule has 6 aromatic carbocycles. The van der Waals surface area contributed by atoms with Crippen LogP contribution in [0.15, 0.2) is 168 Å². The lowest BCUT2D eigenvalue weighted by Crippen LogP contribution is -2.09. The van der Waals surface area contributed by atoms with E-state index in [-0.39, 0.29) is 28.4 Å². The molecule has 8 rings (SSSR count). The van der Waals surface area contributed by atoms with Gasteiger partial charge in [-0.25, -0.2) is 9.97 Å². The number of nitrogens with one attached hydrogen (secondary N) is 2. The van der Waals surface area contributed by atoms with E-state index in [9.17, 15) is 35.6 Å². The molecule has 0 bridgehead atoms. The number of imidazole rings is 2. The van der Waals surface area contributed by atoms with Crippen molar-refractivity contribution in [2.75, 3.05) is 50.3 Å². The lowest BCUT2D eigenvalue weighted by atomic mass is 10.0. The average molecular weight is 1300 g/mol. The fourth-order valence-corrected chi connectivity index (χ4v) is 12.2. The van der Waals surface area contributed by atoms with Crippen molar-refractivity contribution < 1.29 is 64.0 Å². The van der Waals surface area contributed by atoms with Crippen LogP contribution in [-0.4, -0.2) is 92.2 Å². The lowest BCUT2D eigenvalue weighted by molar-refractivity contribution is -0.112. The Kier molecular flexibility index (Phi) is 26.9. The Morgan fingerprint density at radius 3 is 1.43 bits per heavy atom. The molecule has 2 N–H and O–H groups in total. The summed E-state index contributed by atoms with van der Waals surface area (Å²) in [5.41, 5.74) is 7.96. The number of carbonyl (C=O) groups is 2. The van der Waals surface area contributed by atoms with Crippen molar-refractivity contribution in [1.29, 1.82) is 0 Å². The van der Waals surface area contributed by atoms with E-state index in [0.717, 1.165) is 72.6 Å². The first kappa shape index (κ1) is 69.2. The molecule has 92 heavy (non-hydrogen) atoms. The van der Waals surface area contributed by atoms with Gasteiger partial charge in [0.1, 0.15) is 36.2 Å². The molecule has 2 atom stereocenters. The molecule has 0 aliphatic rings. The van der Waals surface area contributed by atoms with Crippen molar-refractivity contribution in [1.82, 2.24) is 19.1 Å². The molecular weight excluding hydrogens is 1220 g/mol. The molecule has 486 valence electrons. The molecule has 0 spiro atoms. The van der Waals surface area contributed by atoms with Gasteiger partial charge in [-0.3, -0.25) is 18.0 Å². The van der Waals surface area contributed by atoms with Crippen molar-refractivity contribution >= 4 is 56.9 Å². The normalized spacial score (nSPS) is 12.2. The average Bonchev–Trinajstić information content (AvgIpc) is 3.10. The van der Waals surface area contributed by atoms with Crippen molar-refractivity contribution in [2.24, 2.45) is 0 Å². The molecule has 0 saturated carbocycles. The smallest absolute Gasteiger partial charge is 0.387 e. The molecule has 0 aliphatic heterocycles. The first-order chi connectivity index (χ1) is 44.7. The highest BCUT2D eigenvalue weighted by Gasteiger charge is 2.18. The predicted molar refractivity (Wildman–Crippen MR) is 351 cm³/mol. The van der Waals surface area contributed by atoms with Crippen LogP contribution in [0.1, 0.15) is 86.8 Å². The van der Waals surface area contributed by atoms with Gasteiger partial charge in [-0.1, -0.05) is 57.2 Å². The number of aryl methyl sites for hydroxylation is 4. The van der Waals surface area contributed by atoms with Gasteiger partial charge in [0.2, 0.25) is 11.8 Å². The van der Waals surface area contributed by atoms with E-state index in [0.29, 0.717) is 102 Å². The predicted octanol–water partition coefficient (Wildman–Crippen LogP) is 14.9. The molecule has 0 unspecified atom stereocenters. The third-order valence-corrected chi connectivity index (χ3v) is 17.0. The first-order valence-electron chi connectivity index (χ1n) is 30.4. The van der Waals surface area contributed by atoms with E-state index in [1.54, 1.807) is 97.6 Å². The molecule has 2 amide bonds. The van der Waals surface area contributed by atoms with E-state index in [1.165, 1.54) is 36.4 Å². The summed E-state index contributed by atoms with van der Waals surface area (Å²) in [6.45, 7) is 6.11. The van der Waals surface area contributed by atoms with Crippen molar-refractivity contribution in [3.8, 4) is 45.3 Å². The van der Waals surface area contributed by atoms with Crippen LogP contribution in [0.5, 0.6) is 23.0 Å². The second-order valence-electron chi connectivity index (χ2n) is 21.2. The number of aromatic nitrogens is 4. The number of ether oxygens (including phenoxy) is 6.